The van der Waals surface area contributed by atoms with Crippen molar-refractivity contribution in [3.05, 3.63) is 42.6 Å². The molecule has 1 fully saturated rings. The van der Waals surface area contributed by atoms with E-state index in [2.05, 4.69) is 50.3 Å². The quantitative estimate of drug-likeness (QED) is 0.819. The Morgan fingerprint density at radius 3 is 2.54 bits per heavy atom. The maximum atomic E-state index is 11.3. The predicted molar refractivity (Wildman–Crippen MR) is 115 cm³/mol. The zero-order valence-corrected chi connectivity index (χ0v) is 17.0. The van der Waals surface area contributed by atoms with E-state index in [4.69, 9.17) is 4.98 Å². The monoisotopic (exact) mass is 401 g/mol. The van der Waals surface area contributed by atoms with Crippen LogP contribution in [0.1, 0.15) is 0 Å². The molecule has 0 aliphatic carbocycles. The van der Waals surface area contributed by atoms with Crippen molar-refractivity contribution in [1.82, 2.24) is 9.88 Å². The van der Waals surface area contributed by atoms with Gasteiger partial charge in [-0.1, -0.05) is 12.1 Å². The van der Waals surface area contributed by atoms with E-state index in [1.54, 1.807) is 0 Å². The molecule has 0 spiro atoms. The minimum atomic E-state index is -2.90. The number of benzene rings is 1. The van der Waals surface area contributed by atoms with Crippen LogP contribution in [-0.4, -0.2) is 76.1 Å². The molecule has 2 aliphatic heterocycles. The van der Waals surface area contributed by atoms with E-state index >= 15 is 0 Å². The second-order valence-corrected chi connectivity index (χ2v) is 9.69. The van der Waals surface area contributed by atoms with Crippen LogP contribution in [0.25, 0.3) is 0 Å². The van der Waals surface area contributed by atoms with Crippen LogP contribution < -0.4 is 15.1 Å². The standard InChI is InChI=1S/C20H27N5O2S/c1-28(26,27)15-14-23-10-12-24(13-11-23)17-6-7-20(22-16-17)25-9-8-21-18-4-2-3-5-19(18)25/h2-7,16,21H,8-15H2,1H3. The van der Waals surface area contributed by atoms with Crippen molar-refractivity contribution in [2.75, 3.05) is 72.9 Å². The average Bonchev–Trinajstić information content (AvgIpc) is 2.72. The van der Waals surface area contributed by atoms with Gasteiger partial charge in [-0.15, -0.1) is 0 Å². The number of para-hydroxylation sites is 2. The molecule has 28 heavy (non-hydrogen) atoms. The van der Waals surface area contributed by atoms with Crippen molar-refractivity contribution in [3.63, 3.8) is 0 Å². The van der Waals surface area contributed by atoms with E-state index in [1.165, 1.54) is 6.26 Å². The Hall–Kier alpha value is -2.32. The number of anilines is 4. The number of piperazine rings is 1. The second kappa shape index (κ2) is 7.97. The first-order chi connectivity index (χ1) is 13.5. The maximum absolute atomic E-state index is 11.3. The van der Waals surface area contributed by atoms with E-state index < -0.39 is 9.84 Å². The molecule has 4 rings (SSSR count). The smallest absolute Gasteiger partial charge is 0.148 e. The fourth-order valence-corrected chi connectivity index (χ4v) is 4.36. The van der Waals surface area contributed by atoms with Crippen LogP contribution in [0.2, 0.25) is 0 Å². The topological polar surface area (TPSA) is 68.8 Å². The molecule has 0 unspecified atom stereocenters. The first-order valence-electron chi connectivity index (χ1n) is 9.71. The highest BCUT2D eigenvalue weighted by Gasteiger charge is 2.21. The molecule has 2 aromatic rings. The number of sulfone groups is 1. The summed E-state index contributed by atoms with van der Waals surface area (Å²) in [6.45, 7) is 5.94. The Labute approximate surface area is 166 Å². The summed E-state index contributed by atoms with van der Waals surface area (Å²) in [5.41, 5.74) is 3.42. The average molecular weight is 402 g/mol. The fourth-order valence-electron chi connectivity index (χ4n) is 3.77. The van der Waals surface area contributed by atoms with Crippen LogP contribution >= 0.6 is 0 Å². The molecule has 0 saturated carbocycles. The number of pyridine rings is 1. The van der Waals surface area contributed by atoms with Gasteiger partial charge < -0.3 is 15.1 Å². The van der Waals surface area contributed by atoms with E-state index in [0.717, 1.165) is 62.1 Å². The summed E-state index contributed by atoms with van der Waals surface area (Å²) in [5.74, 6) is 1.19. The molecular weight excluding hydrogens is 374 g/mol. The summed E-state index contributed by atoms with van der Waals surface area (Å²) in [7, 11) is -2.90. The highest BCUT2D eigenvalue weighted by atomic mass is 32.2. The summed E-state index contributed by atoms with van der Waals surface area (Å²) in [6.07, 6.45) is 3.25. The molecule has 2 aliphatic rings. The zero-order chi connectivity index (χ0) is 19.6. The molecule has 3 heterocycles. The summed E-state index contributed by atoms with van der Waals surface area (Å²) in [5, 5.41) is 3.43. The number of fused-ring (bicyclic) bond motifs is 1. The predicted octanol–water partition coefficient (Wildman–Crippen LogP) is 1.81. The Bertz CT molecular complexity index is 908. The third-order valence-electron chi connectivity index (χ3n) is 5.37. The molecule has 1 aromatic carbocycles. The van der Waals surface area contributed by atoms with Crippen LogP contribution in [0.5, 0.6) is 0 Å². The lowest BCUT2D eigenvalue weighted by Crippen LogP contribution is -2.47. The van der Waals surface area contributed by atoms with Gasteiger partial charge in [-0.3, -0.25) is 4.90 Å². The number of hydrogen-bond acceptors (Lipinski definition) is 7. The largest absolute Gasteiger partial charge is 0.382 e. The van der Waals surface area contributed by atoms with E-state index in [0.29, 0.717) is 6.54 Å². The molecule has 0 bridgehead atoms. The zero-order valence-electron chi connectivity index (χ0n) is 16.2. The Morgan fingerprint density at radius 2 is 1.82 bits per heavy atom. The summed E-state index contributed by atoms with van der Waals surface area (Å²) < 4.78 is 22.7. The fraction of sp³-hybridized carbons (Fsp3) is 0.450. The van der Waals surface area contributed by atoms with Crippen molar-refractivity contribution in [3.8, 4) is 0 Å². The van der Waals surface area contributed by atoms with Crippen molar-refractivity contribution >= 4 is 32.7 Å². The van der Waals surface area contributed by atoms with E-state index in [-0.39, 0.29) is 5.75 Å². The van der Waals surface area contributed by atoms with Gasteiger partial charge in [-0.2, -0.15) is 0 Å². The van der Waals surface area contributed by atoms with Gasteiger partial charge in [-0.05, 0) is 24.3 Å². The molecule has 0 atom stereocenters. The van der Waals surface area contributed by atoms with Gasteiger partial charge in [0, 0.05) is 52.1 Å². The lowest BCUT2D eigenvalue weighted by atomic mass is 10.2. The molecule has 7 nitrogen and oxygen atoms in total. The SMILES string of the molecule is CS(=O)(=O)CCN1CCN(c2ccc(N3CCNc4ccccc43)nc2)CC1. The third kappa shape index (κ3) is 4.39. The molecule has 0 radical (unpaired) electrons. The minimum absolute atomic E-state index is 0.232. The van der Waals surface area contributed by atoms with Gasteiger partial charge >= 0.3 is 0 Å². The van der Waals surface area contributed by atoms with Crippen molar-refractivity contribution < 1.29 is 8.42 Å². The molecule has 1 N–H and O–H groups in total. The highest BCUT2D eigenvalue weighted by Crippen LogP contribution is 2.33. The van der Waals surface area contributed by atoms with Crippen molar-refractivity contribution in [1.29, 1.82) is 0 Å². The van der Waals surface area contributed by atoms with Crippen LogP contribution in [0.4, 0.5) is 22.9 Å². The molecule has 1 aromatic heterocycles. The number of rotatable bonds is 5. The molecular formula is C20H27N5O2S. The first kappa shape index (κ1) is 19.0. The third-order valence-corrected chi connectivity index (χ3v) is 6.29. The highest BCUT2D eigenvalue weighted by molar-refractivity contribution is 7.90. The van der Waals surface area contributed by atoms with Crippen LogP contribution in [0.15, 0.2) is 42.6 Å². The number of hydrogen-bond donors (Lipinski definition) is 1. The Morgan fingerprint density at radius 1 is 1.04 bits per heavy atom. The molecule has 0 amide bonds. The summed E-state index contributed by atoms with van der Waals surface area (Å²) in [6, 6.07) is 12.5. The Balaban J connectivity index is 1.39. The van der Waals surface area contributed by atoms with E-state index in [1.807, 2.05) is 12.3 Å². The summed E-state index contributed by atoms with van der Waals surface area (Å²) >= 11 is 0. The number of nitrogens with one attached hydrogen (secondary N) is 1. The van der Waals surface area contributed by atoms with E-state index in [9.17, 15) is 8.42 Å². The van der Waals surface area contributed by atoms with Gasteiger partial charge in [0.15, 0.2) is 0 Å². The minimum Gasteiger partial charge on any atom is -0.382 e. The Kier molecular flexibility index (Phi) is 5.41. The molecule has 150 valence electrons. The van der Waals surface area contributed by atoms with Crippen LogP contribution in [-0.2, 0) is 9.84 Å². The molecule has 8 heteroatoms. The number of aromatic nitrogens is 1. The normalized spacial score (nSPS) is 17.9. The lowest BCUT2D eigenvalue weighted by Gasteiger charge is -2.36. The van der Waals surface area contributed by atoms with Gasteiger partial charge in [0.05, 0.1) is 29.0 Å². The molecule has 1 saturated heterocycles. The van der Waals surface area contributed by atoms with Gasteiger partial charge in [-0.25, -0.2) is 13.4 Å². The van der Waals surface area contributed by atoms with Gasteiger partial charge in [0.2, 0.25) is 0 Å². The summed E-state index contributed by atoms with van der Waals surface area (Å²) in [4.78, 5) is 11.5. The maximum Gasteiger partial charge on any atom is 0.148 e. The lowest BCUT2D eigenvalue weighted by molar-refractivity contribution is 0.272. The van der Waals surface area contributed by atoms with Crippen molar-refractivity contribution in [2.45, 2.75) is 0 Å². The van der Waals surface area contributed by atoms with Crippen LogP contribution in [0, 0.1) is 0 Å². The first-order valence-corrected chi connectivity index (χ1v) is 11.8. The van der Waals surface area contributed by atoms with Gasteiger partial charge in [0.1, 0.15) is 15.7 Å². The number of nitrogens with zero attached hydrogens (tertiary/aromatic N) is 4. The second-order valence-electron chi connectivity index (χ2n) is 7.43. The van der Waals surface area contributed by atoms with Crippen LogP contribution in [0.3, 0.4) is 0 Å². The van der Waals surface area contributed by atoms with Crippen molar-refractivity contribution in [2.24, 2.45) is 0 Å². The van der Waals surface area contributed by atoms with Gasteiger partial charge in [0.25, 0.3) is 0 Å².